The van der Waals surface area contributed by atoms with E-state index >= 15 is 0 Å². The number of hydrogen-bond acceptors (Lipinski definition) is 3. The predicted octanol–water partition coefficient (Wildman–Crippen LogP) is -0.239. The SMILES string of the molecule is CC(O)CNC(=O)NC1CCCN(C)C1. The van der Waals surface area contributed by atoms with Gasteiger partial charge in [-0.3, -0.25) is 0 Å². The van der Waals surface area contributed by atoms with Gasteiger partial charge in [-0.15, -0.1) is 0 Å². The normalized spacial score (nSPS) is 24.6. The molecule has 0 spiro atoms. The second kappa shape index (κ2) is 5.92. The van der Waals surface area contributed by atoms with Gasteiger partial charge in [0.1, 0.15) is 0 Å². The van der Waals surface area contributed by atoms with Gasteiger partial charge in [0, 0.05) is 19.1 Å². The Morgan fingerprint density at radius 3 is 3.00 bits per heavy atom. The Balaban J connectivity index is 2.19. The molecule has 0 aliphatic carbocycles. The van der Waals surface area contributed by atoms with E-state index in [9.17, 15) is 4.79 Å². The van der Waals surface area contributed by atoms with Gasteiger partial charge in [0.25, 0.3) is 0 Å². The highest BCUT2D eigenvalue weighted by Crippen LogP contribution is 2.07. The van der Waals surface area contributed by atoms with Crippen molar-refractivity contribution in [3.8, 4) is 0 Å². The van der Waals surface area contributed by atoms with Gasteiger partial charge < -0.3 is 20.6 Å². The Bertz CT molecular complexity index is 209. The fraction of sp³-hybridized carbons (Fsp3) is 0.900. The van der Waals surface area contributed by atoms with Crippen LogP contribution in [0.4, 0.5) is 4.79 Å². The van der Waals surface area contributed by atoms with Gasteiger partial charge in [-0.1, -0.05) is 0 Å². The molecule has 0 aromatic rings. The van der Waals surface area contributed by atoms with E-state index in [1.165, 1.54) is 0 Å². The van der Waals surface area contributed by atoms with Crippen molar-refractivity contribution in [2.24, 2.45) is 0 Å². The van der Waals surface area contributed by atoms with Crippen LogP contribution in [0.2, 0.25) is 0 Å². The summed E-state index contributed by atoms with van der Waals surface area (Å²) >= 11 is 0. The Labute approximate surface area is 90.8 Å². The van der Waals surface area contributed by atoms with Gasteiger partial charge in [0.05, 0.1) is 6.10 Å². The van der Waals surface area contributed by atoms with Crippen LogP contribution in [0, 0.1) is 0 Å². The fourth-order valence-electron chi connectivity index (χ4n) is 1.76. The van der Waals surface area contributed by atoms with Crippen LogP contribution in [-0.2, 0) is 0 Å². The van der Waals surface area contributed by atoms with E-state index in [-0.39, 0.29) is 12.1 Å². The number of aliphatic hydroxyl groups excluding tert-OH is 1. The number of likely N-dealkylation sites (tertiary alicyclic amines) is 1. The van der Waals surface area contributed by atoms with Crippen molar-refractivity contribution in [1.29, 1.82) is 0 Å². The van der Waals surface area contributed by atoms with Crippen LogP contribution in [0.25, 0.3) is 0 Å². The summed E-state index contributed by atoms with van der Waals surface area (Å²) < 4.78 is 0. The van der Waals surface area contributed by atoms with Crippen molar-refractivity contribution in [3.63, 3.8) is 0 Å². The molecular weight excluding hydrogens is 194 g/mol. The molecule has 0 bridgehead atoms. The summed E-state index contributed by atoms with van der Waals surface area (Å²) in [4.78, 5) is 13.6. The van der Waals surface area contributed by atoms with Crippen molar-refractivity contribution >= 4 is 6.03 Å². The average Bonchev–Trinajstić information content (AvgIpc) is 2.15. The maximum Gasteiger partial charge on any atom is 0.315 e. The molecule has 1 aliphatic rings. The molecule has 2 amide bonds. The number of nitrogens with zero attached hydrogens (tertiary/aromatic N) is 1. The van der Waals surface area contributed by atoms with Crippen LogP contribution in [0.1, 0.15) is 19.8 Å². The summed E-state index contributed by atoms with van der Waals surface area (Å²) in [5.41, 5.74) is 0. The summed E-state index contributed by atoms with van der Waals surface area (Å²) in [5, 5.41) is 14.5. The molecule has 5 nitrogen and oxygen atoms in total. The van der Waals surface area contributed by atoms with E-state index < -0.39 is 6.10 Å². The third-order valence-electron chi connectivity index (χ3n) is 2.52. The lowest BCUT2D eigenvalue weighted by molar-refractivity contribution is 0.182. The number of rotatable bonds is 3. The third-order valence-corrected chi connectivity index (χ3v) is 2.52. The lowest BCUT2D eigenvalue weighted by atomic mass is 10.1. The van der Waals surface area contributed by atoms with Crippen molar-refractivity contribution in [2.45, 2.75) is 31.9 Å². The molecule has 88 valence electrons. The van der Waals surface area contributed by atoms with Gasteiger partial charge in [-0.05, 0) is 33.4 Å². The Kier molecular flexibility index (Phi) is 4.84. The second-order valence-electron chi connectivity index (χ2n) is 4.30. The van der Waals surface area contributed by atoms with Crippen molar-refractivity contribution in [3.05, 3.63) is 0 Å². The maximum atomic E-state index is 11.4. The quantitative estimate of drug-likeness (QED) is 0.609. The number of aliphatic hydroxyl groups is 1. The zero-order valence-electron chi connectivity index (χ0n) is 9.49. The molecule has 0 saturated carbocycles. The Morgan fingerprint density at radius 1 is 1.67 bits per heavy atom. The van der Waals surface area contributed by atoms with Gasteiger partial charge in [-0.2, -0.15) is 0 Å². The first kappa shape index (κ1) is 12.3. The van der Waals surface area contributed by atoms with Gasteiger partial charge in [0.15, 0.2) is 0 Å². The number of hydrogen-bond donors (Lipinski definition) is 3. The molecule has 5 heteroatoms. The zero-order chi connectivity index (χ0) is 11.3. The summed E-state index contributed by atoms with van der Waals surface area (Å²) in [6.07, 6.45) is 1.66. The summed E-state index contributed by atoms with van der Waals surface area (Å²) in [6, 6.07) is 0.0500. The largest absolute Gasteiger partial charge is 0.392 e. The number of amides is 2. The van der Waals surface area contributed by atoms with E-state index in [1.807, 2.05) is 0 Å². The third kappa shape index (κ3) is 4.99. The van der Waals surface area contributed by atoms with Crippen LogP contribution < -0.4 is 10.6 Å². The molecule has 1 heterocycles. The number of urea groups is 1. The maximum absolute atomic E-state index is 11.4. The van der Waals surface area contributed by atoms with Crippen molar-refractivity contribution in [2.75, 3.05) is 26.7 Å². The standard InChI is InChI=1S/C10H21N3O2/c1-8(14)6-11-10(15)12-9-4-3-5-13(2)7-9/h8-9,14H,3-7H2,1-2H3,(H2,11,12,15). The molecule has 1 fully saturated rings. The molecule has 2 atom stereocenters. The molecule has 3 N–H and O–H groups in total. The Hall–Kier alpha value is -0.810. The first-order valence-electron chi connectivity index (χ1n) is 5.49. The number of carbonyl (C=O) groups is 1. The van der Waals surface area contributed by atoms with Crippen LogP contribution in [0.3, 0.4) is 0 Å². The first-order valence-corrected chi connectivity index (χ1v) is 5.49. The van der Waals surface area contributed by atoms with E-state index in [1.54, 1.807) is 6.92 Å². The molecule has 0 aromatic heterocycles. The van der Waals surface area contributed by atoms with Crippen molar-refractivity contribution in [1.82, 2.24) is 15.5 Å². The summed E-state index contributed by atoms with van der Waals surface area (Å²) in [7, 11) is 2.06. The smallest absolute Gasteiger partial charge is 0.315 e. The lowest BCUT2D eigenvalue weighted by Gasteiger charge is -2.30. The van der Waals surface area contributed by atoms with E-state index in [0.29, 0.717) is 6.54 Å². The molecular formula is C10H21N3O2. The molecule has 0 aromatic carbocycles. The number of piperidine rings is 1. The molecule has 0 radical (unpaired) electrons. The zero-order valence-corrected chi connectivity index (χ0v) is 9.49. The van der Waals surface area contributed by atoms with Crippen LogP contribution in [0.15, 0.2) is 0 Å². The second-order valence-corrected chi connectivity index (χ2v) is 4.30. The van der Waals surface area contributed by atoms with Crippen LogP contribution in [0.5, 0.6) is 0 Å². The monoisotopic (exact) mass is 215 g/mol. The van der Waals surface area contributed by atoms with Crippen LogP contribution in [-0.4, -0.2) is 54.9 Å². The molecule has 2 unspecified atom stereocenters. The number of likely N-dealkylation sites (N-methyl/N-ethyl adjacent to an activating group) is 1. The predicted molar refractivity (Wildman–Crippen MR) is 58.7 cm³/mol. The van der Waals surface area contributed by atoms with Gasteiger partial charge >= 0.3 is 6.03 Å². The van der Waals surface area contributed by atoms with E-state index in [2.05, 4.69) is 22.6 Å². The average molecular weight is 215 g/mol. The molecule has 1 aliphatic heterocycles. The summed E-state index contributed by atoms with van der Waals surface area (Å²) in [5.74, 6) is 0. The highest BCUT2D eigenvalue weighted by Gasteiger charge is 2.18. The first-order chi connectivity index (χ1) is 7.08. The minimum absolute atomic E-state index is 0.184. The van der Waals surface area contributed by atoms with Gasteiger partial charge in [0.2, 0.25) is 0 Å². The van der Waals surface area contributed by atoms with Gasteiger partial charge in [-0.25, -0.2) is 4.79 Å². The number of nitrogens with one attached hydrogen (secondary N) is 2. The van der Waals surface area contributed by atoms with Crippen LogP contribution >= 0.6 is 0 Å². The highest BCUT2D eigenvalue weighted by atomic mass is 16.3. The molecule has 1 rings (SSSR count). The fourth-order valence-corrected chi connectivity index (χ4v) is 1.76. The minimum atomic E-state index is -0.496. The van der Waals surface area contributed by atoms with E-state index in [0.717, 1.165) is 25.9 Å². The Morgan fingerprint density at radius 2 is 2.40 bits per heavy atom. The number of carbonyl (C=O) groups excluding carboxylic acids is 1. The topological polar surface area (TPSA) is 64.6 Å². The minimum Gasteiger partial charge on any atom is -0.392 e. The highest BCUT2D eigenvalue weighted by molar-refractivity contribution is 5.74. The molecule has 1 saturated heterocycles. The van der Waals surface area contributed by atoms with E-state index in [4.69, 9.17) is 5.11 Å². The lowest BCUT2D eigenvalue weighted by Crippen LogP contribution is -2.50. The summed E-state index contributed by atoms with van der Waals surface area (Å²) in [6.45, 7) is 3.96. The molecule has 15 heavy (non-hydrogen) atoms. The van der Waals surface area contributed by atoms with Crippen molar-refractivity contribution < 1.29 is 9.90 Å².